The van der Waals surface area contributed by atoms with E-state index in [9.17, 15) is 14.9 Å². The van der Waals surface area contributed by atoms with Crippen molar-refractivity contribution in [3.8, 4) is 5.75 Å². The van der Waals surface area contributed by atoms with E-state index in [1.165, 1.54) is 17.0 Å². The van der Waals surface area contributed by atoms with Crippen LogP contribution in [0.25, 0.3) is 0 Å². The highest BCUT2D eigenvalue weighted by atomic mass is 35.5. The first-order valence-corrected chi connectivity index (χ1v) is 8.73. The van der Waals surface area contributed by atoms with Crippen molar-refractivity contribution in [2.75, 3.05) is 24.6 Å². The number of rotatable bonds is 4. The molecule has 140 valence electrons. The lowest BCUT2D eigenvalue weighted by Crippen LogP contribution is -2.37. The average molecular weight is 388 g/mol. The number of carbonyl (C=O) groups is 1. The van der Waals surface area contributed by atoms with E-state index in [0.717, 1.165) is 11.1 Å². The zero-order valence-corrected chi connectivity index (χ0v) is 15.7. The quantitative estimate of drug-likeness (QED) is 0.591. The number of anilines is 1. The van der Waals surface area contributed by atoms with Gasteiger partial charge in [-0.05, 0) is 37.1 Å². The average Bonchev–Trinajstić information content (AvgIpc) is 2.82. The molecule has 1 amide bonds. The fourth-order valence-corrected chi connectivity index (χ4v) is 3.38. The van der Waals surface area contributed by atoms with Crippen LogP contribution in [0.4, 0.5) is 11.4 Å². The molecule has 0 fully saturated rings. The van der Waals surface area contributed by atoms with E-state index < -0.39 is 4.92 Å². The highest BCUT2D eigenvalue weighted by Crippen LogP contribution is 2.30. The fraction of sp³-hybridized carbons (Fsp3) is 0.263. The lowest BCUT2D eigenvalue weighted by atomic mass is 10.1. The van der Waals surface area contributed by atoms with Crippen LogP contribution in [0, 0.1) is 24.0 Å². The molecular weight excluding hydrogens is 370 g/mol. The molecule has 8 heteroatoms. The predicted octanol–water partition coefficient (Wildman–Crippen LogP) is 3.71. The normalized spacial score (nSPS) is 13.1. The standard InChI is InChI=1S/C19H18ClN3O4/c1-12-7-13(2)19(16(20)8-12)27-11-18(24)22-6-5-21-10-14-9-15(23(25)26)3-4-17(14)22/h3-4,7-10H,5-6,11H2,1-2H3. The highest BCUT2D eigenvalue weighted by Gasteiger charge is 2.22. The number of nitro benzene ring substituents is 1. The minimum atomic E-state index is -0.476. The number of benzodiazepines with no additional fused rings is 1. The van der Waals surface area contributed by atoms with E-state index in [-0.39, 0.29) is 18.2 Å². The molecule has 7 nitrogen and oxygen atoms in total. The van der Waals surface area contributed by atoms with Crippen molar-refractivity contribution in [3.05, 3.63) is 62.2 Å². The van der Waals surface area contributed by atoms with Gasteiger partial charge in [-0.1, -0.05) is 17.7 Å². The number of aryl methyl sites for hydroxylation is 2. The Hall–Kier alpha value is -2.93. The van der Waals surface area contributed by atoms with Crippen LogP contribution in [0.5, 0.6) is 5.75 Å². The number of hydrogen-bond donors (Lipinski definition) is 0. The summed E-state index contributed by atoms with van der Waals surface area (Å²) >= 11 is 6.22. The van der Waals surface area contributed by atoms with Crippen LogP contribution in [0.3, 0.4) is 0 Å². The van der Waals surface area contributed by atoms with E-state index in [4.69, 9.17) is 16.3 Å². The van der Waals surface area contributed by atoms with Gasteiger partial charge >= 0.3 is 0 Å². The number of halogens is 1. The maximum absolute atomic E-state index is 12.8. The molecule has 3 rings (SSSR count). The zero-order chi connectivity index (χ0) is 19.6. The molecule has 0 unspecified atom stereocenters. The minimum Gasteiger partial charge on any atom is -0.482 e. The molecule has 1 aliphatic heterocycles. The Bertz CT molecular complexity index is 920. The number of non-ortho nitro benzene ring substituents is 1. The molecule has 0 atom stereocenters. The first-order chi connectivity index (χ1) is 12.9. The monoisotopic (exact) mass is 387 g/mol. The minimum absolute atomic E-state index is 0.0483. The van der Waals surface area contributed by atoms with E-state index in [2.05, 4.69) is 4.99 Å². The zero-order valence-electron chi connectivity index (χ0n) is 14.9. The third kappa shape index (κ3) is 4.09. The van der Waals surface area contributed by atoms with E-state index in [1.807, 2.05) is 19.9 Å². The van der Waals surface area contributed by atoms with Crippen LogP contribution in [0.15, 0.2) is 35.3 Å². The number of ether oxygens (including phenoxy) is 1. The Morgan fingerprint density at radius 2 is 2.11 bits per heavy atom. The number of amides is 1. The van der Waals surface area contributed by atoms with Crippen LogP contribution in [0.1, 0.15) is 16.7 Å². The molecule has 0 spiro atoms. The molecular formula is C19H18ClN3O4. The van der Waals surface area contributed by atoms with Crippen molar-refractivity contribution in [3.63, 3.8) is 0 Å². The van der Waals surface area contributed by atoms with Gasteiger partial charge in [-0.15, -0.1) is 0 Å². The van der Waals surface area contributed by atoms with Gasteiger partial charge in [0.25, 0.3) is 11.6 Å². The summed E-state index contributed by atoms with van der Waals surface area (Å²) in [5.74, 6) is 0.206. The van der Waals surface area contributed by atoms with Gasteiger partial charge in [0.15, 0.2) is 6.61 Å². The molecule has 1 heterocycles. The Morgan fingerprint density at radius 1 is 1.33 bits per heavy atom. The van der Waals surface area contributed by atoms with Crippen molar-refractivity contribution in [1.29, 1.82) is 0 Å². The number of aliphatic imine (C=N–C) groups is 1. The van der Waals surface area contributed by atoms with Crippen molar-refractivity contribution in [2.45, 2.75) is 13.8 Å². The Morgan fingerprint density at radius 3 is 2.81 bits per heavy atom. The van der Waals surface area contributed by atoms with Gasteiger partial charge < -0.3 is 9.64 Å². The number of carbonyl (C=O) groups excluding carboxylic acids is 1. The van der Waals surface area contributed by atoms with Crippen molar-refractivity contribution in [2.24, 2.45) is 4.99 Å². The topological polar surface area (TPSA) is 85.0 Å². The molecule has 2 aromatic rings. The van der Waals surface area contributed by atoms with Gasteiger partial charge in [-0.2, -0.15) is 0 Å². The third-order valence-electron chi connectivity index (χ3n) is 4.21. The predicted molar refractivity (Wildman–Crippen MR) is 104 cm³/mol. The molecule has 0 saturated carbocycles. The molecule has 0 bridgehead atoms. The molecule has 0 radical (unpaired) electrons. The maximum Gasteiger partial charge on any atom is 0.270 e. The van der Waals surface area contributed by atoms with Crippen LogP contribution >= 0.6 is 11.6 Å². The Balaban J connectivity index is 1.81. The molecule has 1 aliphatic rings. The lowest BCUT2D eigenvalue weighted by Gasteiger charge is -2.23. The smallest absolute Gasteiger partial charge is 0.270 e. The second-order valence-corrected chi connectivity index (χ2v) is 6.67. The number of nitrogens with zero attached hydrogens (tertiary/aromatic N) is 3. The number of hydrogen-bond acceptors (Lipinski definition) is 5. The largest absolute Gasteiger partial charge is 0.482 e. The van der Waals surface area contributed by atoms with E-state index >= 15 is 0 Å². The van der Waals surface area contributed by atoms with Gasteiger partial charge in [0.2, 0.25) is 0 Å². The summed E-state index contributed by atoms with van der Waals surface area (Å²) in [5, 5.41) is 11.4. The molecule has 0 aromatic heterocycles. The van der Waals surface area contributed by atoms with Gasteiger partial charge in [0, 0.05) is 30.5 Å². The van der Waals surface area contributed by atoms with Crippen LogP contribution in [-0.2, 0) is 4.79 Å². The summed E-state index contributed by atoms with van der Waals surface area (Å²) in [5.41, 5.74) is 2.91. The first kappa shape index (κ1) is 18.8. The number of fused-ring (bicyclic) bond motifs is 1. The molecule has 0 N–H and O–H groups in total. The maximum atomic E-state index is 12.8. The lowest BCUT2D eigenvalue weighted by molar-refractivity contribution is -0.384. The molecule has 0 saturated heterocycles. The van der Waals surface area contributed by atoms with Crippen LogP contribution in [-0.4, -0.2) is 36.7 Å². The summed E-state index contributed by atoms with van der Waals surface area (Å²) in [6.07, 6.45) is 1.55. The SMILES string of the molecule is Cc1cc(C)c(OCC(=O)N2CCN=Cc3cc([N+](=O)[O-])ccc32)c(Cl)c1. The highest BCUT2D eigenvalue weighted by molar-refractivity contribution is 6.32. The van der Waals surface area contributed by atoms with Gasteiger partial charge in [0.05, 0.1) is 22.2 Å². The van der Waals surface area contributed by atoms with Crippen molar-refractivity contribution >= 4 is 35.1 Å². The van der Waals surface area contributed by atoms with Gasteiger partial charge in [0.1, 0.15) is 5.75 Å². The van der Waals surface area contributed by atoms with E-state index in [1.54, 1.807) is 18.3 Å². The summed E-state index contributed by atoms with van der Waals surface area (Å²) in [6.45, 7) is 4.37. The summed E-state index contributed by atoms with van der Waals surface area (Å²) < 4.78 is 5.68. The first-order valence-electron chi connectivity index (χ1n) is 8.35. The Kier molecular flexibility index (Phi) is 5.41. The summed E-state index contributed by atoms with van der Waals surface area (Å²) in [6, 6.07) is 8.06. The number of nitro groups is 1. The van der Waals surface area contributed by atoms with Gasteiger partial charge in [-0.25, -0.2) is 0 Å². The molecule has 0 aliphatic carbocycles. The molecule has 2 aromatic carbocycles. The summed E-state index contributed by atoms with van der Waals surface area (Å²) in [7, 11) is 0. The Labute approximate surface area is 161 Å². The van der Waals surface area contributed by atoms with Crippen molar-refractivity contribution in [1.82, 2.24) is 0 Å². The van der Waals surface area contributed by atoms with Crippen LogP contribution < -0.4 is 9.64 Å². The third-order valence-corrected chi connectivity index (χ3v) is 4.49. The second-order valence-electron chi connectivity index (χ2n) is 6.26. The number of benzene rings is 2. The van der Waals surface area contributed by atoms with Gasteiger partial charge in [-0.3, -0.25) is 19.9 Å². The second kappa shape index (κ2) is 7.75. The van der Waals surface area contributed by atoms with Crippen molar-refractivity contribution < 1.29 is 14.5 Å². The fourth-order valence-electron chi connectivity index (χ4n) is 3.00. The van der Waals surface area contributed by atoms with E-state index in [0.29, 0.717) is 35.1 Å². The summed E-state index contributed by atoms with van der Waals surface area (Å²) in [4.78, 5) is 29.0. The molecule has 27 heavy (non-hydrogen) atoms. The van der Waals surface area contributed by atoms with Crippen LogP contribution in [0.2, 0.25) is 5.02 Å².